The maximum Gasteiger partial charge on any atom is 0.341 e. The van der Waals surface area contributed by atoms with Gasteiger partial charge in [-0.2, -0.15) is 0 Å². The minimum atomic E-state index is -0.981. The van der Waals surface area contributed by atoms with Gasteiger partial charge in [-0.15, -0.1) is 0 Å². The van der Waals surface area contributed by atoms with Crippen LogP contribution in [-0.4, -0.2) is 53.7 Å². The van der Waals surface area contributed by atoms with Crippen LogP contribution in [0.2, 0.25) is 0 Å². The molecule has 138 valence electrons. The van der Waals surface area contributed by atoms with Crippen LogP contribution in [0.15, 0.2) is 48.5 Å². The van der Waals surface area contributed by atoms with Crippen LogP contribution in [0.25, 0.3) is 0 Å². The van der Waals surface area contributed by atoms with Gasteiger partial charge < -0.3 is 9.84 Å². The molecule has 1 N–H and O–H groups in total. The third-order valence-corrected chi connectivity index (χ3v) is 4.48. The summed E-state index contributed by atoms with van der Waals surface area (Å²) in [5, 5.41) is 8.79. The number of nitrogens with zero attached hydrogens (tertiary/aromatic N) is 2. The number of carboxylic acid groups (broad SMARTS) is 1. The zero-order chi connectivity index (χ0) is 18.4. The normalized spacial score (nSPS) is 15.7. The summed E-state index contributed by atoms with van der Waals surface area (Å²) in [6.07, 6.45) is 0. The Balaban J connectivity index is 1.52. The van der Waals surface area contributed by atoms with E-state index in [9.17, 15) is 9.18 Å². The monoisotopic (exact) mass is 358 g/mol. The minimum Gasteiger partial charge on any atom is -0.482 e. The van der Waals surface area contributed by atoms with Gasteiger partial charge >= 0.3 is 5.97 Å². The maximum absolute atomic E-state index is 13.3. The van der Waals surface area contributed by atoms with Gasteiger partial charge in [0.25, 0.3) is 0 Å². The second-order valence-electron chi connectivity index (χ2n) is 6.47. The van der Waals surface area contributed by atoms with Crippen LogP contribution < -0.4 is 4.74 Å². The Kier molecular flexibility index (Phi) is 6.20. The van der Waals surface area contributed by atoms with E-state index in [4.69, 9.17) is 9.84 Å². The molecule has 0 radical (unpaired) electrons. The lowest BCUT2D eigenvalue weighted by Gasteiger charge is -2.35. The zero-order valence-electron chi connectivity index (χ0n) is 14.6. The van der Waals surface area contributed by atoms with Crippen LogP contribution in [0, 0.1) is 5.82 Å². The Hall–Kier alpha value is -2.44. The number of ether oxygens (including phenoxy) is 1. The number of rotatable bonds is 7. The van der Waals surface area contributed by atoms with Gasteiger partial charge in [-0.3, -0.25) is 9.80 Å². The van der Waals surface area contributed by atoms with E-state index in [1.807, 2.05) is 24.3 Å². The van der Waals surface area contributed by atoms with Crippen LogP contribution in [-0.2, 0) is 17.9 Å². The summed E-state index contributed by atoms with van der Waals surface area (Å²) in [6.45, 7) is 4.78. The number of carboxylic acids is 1. The molecule has 3 rings (SSSR count). The van der Waals surface area contributed by atoms with E-state index in [-0.39, 0.29) is 12.4 Å². The second kappa shape index (κ2) is 8.78. The molecule has 2 aromatic rings. The van der Waals surface area contributed by atoms with Crippen molar-refractivity contribution in [3.63, 3.8) is 0 Å². The SMILES string of the molecule is O=C(O)COc1ccccc1CN1CCN(Cc2cccc(F)c2)CC1. The largest absolute Gasteiger partial charge is 0.482 e. The first-order valence-corrected chi connectivity index (χ1v) is 8.72. The number of piperazine rings is 1. The summed E-state index contributed by atoms with van der Waals surface area (Å²) in [5.41, 5.74) is 1.98. The number of para-hydroxylation sites is 1. The molecule has 1 heterocycles. The topological polar surface area (TPSA) is 53.0 Å². The summed E-state index contributed by atoms with van der Waals surface area (Å²) < 4.78 is 18.7. The van der Waals surface area contributed by atoms with Crippen molar-refractivity contribution >= 4 is 5.97 Å². The van der Waals surface area contributed by atoms with E-state index in [1.54, 1.807) is 18.2 Å². The van der Waals surface area contributed by atoms with Gasteiger partial charge in [-0.05, 0) is 23.8 Å². The third-order valence-electron chi connectivity index (χ3n) is 4.48. The van der Waals surface area contributed by atoms with E-state index < -0.39 is 5.97 Å². The molecule has 1 fully saturated rings. The second-order valence-corrected chi connectivity index (χ2v) is 6.47. The lowest BCUT2D eigenvalue weighted by molar-refractivity contribution is -0.139. The predicted molar refractivity (Wildman–Crippen MR) is 96.5 cm³/mol. The predicted octanol–water partition coefficient (Wildman–Crippen LogP) is 2.61. The van der Waals surface area contributed by atoms with Crippen molar-refractivity contribution in [2.24, 2.45) is 0 Å². The summed E-state index contributed by atoms with van der Waals surface area (Å²) in [5.74, 6) is -0.554. The molecule has 0 spiro atoms. The van der Waals surface area contributed by atoms with E-state index in [2.05, 4.69) is 9.80 Å². The minimum absolute atomic E-state index is 0.195. The number of benzene rings is 2. The van der Waals surface area contributed by atoms with Crippen molar-refractivity contribution < 1.29 is 19.0 Å². The van der Waals surface area contributed by atoms with Gasteiger partial charge in [0.2, 0.25) is 0 Å². The highest BCUT2D eigenvalue weighted by Crippen LogP contribution is 2.21. The van der Waals surface area contributed by atoms with E-state index in [0.717, 1.165) is 50.4 Å². The van der Waals surface area contributed by atoms with Crippen molar-refractivity contribution in [1.29, 1.82) is 0 Å². The molecule has 1 aliphatic heterocycles. The van der Waals surface area contributed by atoms with Crippen LogP contribution in [0.1, 0.15) is 11.1 Å². The highest BCUT2D eigenvalue weighted by atomic mass is 19.1. The quantitative estimate of drug-likeness (QED) is 0.825. The highest BCUT2D eigenvalue weighted by Gasteiger charge is 2.18. The number of hydrogen-bond acceptors (Lipinski definition) is 4. The number of carbonyl (C=O) groups is 1. The van der Waals surface area contributed by atoms with Gasteiger partial charge in [0.05, 0.1) is 0 Å². The molecular formula is C20H23FN2O3. The average molecular weight is 358 g/mol. The van der Waals surface area contributed by atoms with Crippen molar-refractivity contribution in [1.82, 2.24) is 9.80 Å². The maximum atomic E-state index is 13.3. The van der Waals surface area contributed by atoms with Gasteiger partial charge in [0.15, 0.2) is 6.61 Å². The molecule has 0 unspecified atom stereocenters. The molecule has 0 amide bonds. The van der Waals surface area contributed by atoms with Crippen molar-refractivity contribution in [2.75, 3.05) is 32.8 Å². The molecule has 26 heavy (non-hydrogen) atoms. The third kappa shape index (κ3) is 5.28. The molecule has 0 saturated carbocycles. The van der Waals surface area contributed by atoms with E-state index in [0.29, 0.717) is 5.75 Å². The van der Waals surface area contributed by atoms with Crippen molar-refractivity contribution in [3.8, 4) is 5.75 Å². The van der Waals surface area contributed by atoms with Crippen LogP contribution in [0.4, 0.5) is 4.39 Å². The van der Waals surface area contributed by atoms with Gasteiger partial charge in [0, 0.05) is 44.8 Å². The zero-order valence-corrected chi connectivity index (χ0v) is 14.6. The lowest BCUT2D eigenvalue weighted by atomic mass is 10.1. The Morgan fingerprint density at radius 2 is 1.69 bits per heavy atom. The summed E-state index contributed by atoms with van der Waals surface area (Å²) in [4.78, 5) is 15.4. The molecule has 0 aliphatic carbocycles. The van der Waals surface area contributed by atoms with E-state index in [1.165, 1.54) is 6.07 Å². The van der Waals surface area contributed by atoms with Crippen molar-refractivity contribution in [3.05, 3.63) is 65.5 Å². The molecule has 0 aromatic heterocycles. The summed E-state index contributed by atoms with van der Waals surface area (Å²) >= 11 is 0. The number of halogens is 1. The average Bonchev–Trinajstić information content (AvgIpc) is 2.63. The molecule has 0 bridgehead atoms. The fourth-order valence-electron chi connectivity index (χ4n) is 3.15. The fraction of sp³-hybridized carbons (Fsp3) is 0.350. The number of hydrogen-bond donors (Lipinski definition) is 1. The first-order valence-electron chi connectivity index (χ1n) is 8.72. The highest BCUT2D eigenvalue weighted by molar-refractivity contribution is 5.68. The molecule has 1 aliphatic rings. The van der Waals surface area contributed by atoms with Crippen LogP contribution in [0.5, 0.6) is 5.75 Å². The van der Waals surface area contributed by atoms with Crippen LogP contribution in [0.3, 0.4) is 0 Å². The first-order chi connectivity index (χ1) is 12.6. The Labute approximate surface area is 152 Å². The summed E-state index contributed by atoms with van der Waals surface area (Å²) in [7, 11) is 0. The number of aliphatic carboxylic acids is 1. The van der Waals surface area contributed by atoms with Gasteiger partial charge in [-0.25, -0.2) is 9.18 Å². The fourth-order valence-corrected chi connectivity index (χ4v) is 3.15. The first kappa shape index (κ1) is 18.4. The molecule has 5 nitrogen and oxygen atoms in total. The lowest BCUT2D eigenvalue weighted by Crippen LogP contribution is -2.45. The van der Waals surface area contributed by atoms with Gasteiger partial charge in [-0.1, -0.05) is 30.3 Å². The smallest absolute Gasteiger partial charge is 0.341 e. The Bertz CT molecular complexity index is 745. The molecular weight excluding hydrogens is 335 g/mol. The Morgan fingerprint density at radius 3 is 2.38 bits per heavy atom. The van der Waals surface area contributed by atoms with Crippen molar-refractivity contribution in [2.45, 2.75) is 13.1 Å². The summed E-state index contributed by atoms with van der Waals surface area (Å²) in [6, 6.07) is 14.3. The molecule has 1 saturated heterocycles. The Morgan fingerprint density at radius 1 is 1.00 bits per heavy atom. The standard InChI is InChI=1S/C20H23FN2O3/c21-18-6-3-4-16(12-18)13-22-8-10-23(11-9-22)14-17-5-1-2-7-19(17)26-15-20(24)25/h1-7,12H,8-11,13-15H2,(H,24,25). The molecule has 2 aromatic carbocycles. The van der Waals surface area contributed by atoms with E-state index >= 15 is 0 Å². The molecule has 6 heteroatoms. The molecule has 0 atom stereocenters. The van der Waals surface area contributed by atoms with Gasteiger partial charge in [0.1, 0.15) is 11.6 Å². The van der Waals surface area contributed by atoms with Crippen LogP contribution >= 0.6 is 0 Å².